The minimum absolute atomic E-state index is 0.160. The van der Waals surface area contributed by atoms with Gasteiger partial charge in [0.25, 0.3) is 0 Å². The van der Waals surface area contributed by atoms with Gasteiger partial charge >= 0.3 is 0 Å². The van der Waals surface area contributed by atoms with Gasteiger partial charge in [-0.1, -0.05) is 11.6 Å². The van der Waals surface area contributed by atoms with Crippen LogP contribution in [-0.4, -0.2) is 9.97 Å². The van der Waals surface area contributed by atoms with Crippen LogP contribution in [0.4, 0.5) is 11.5 Å². The number of benzene rings is 1. The van der Waals surface area contributed by atoms with Crippen molar-refractivity contribution in [2.24, 2.45) is 0 Å². The number of nitrogens with one attached hydrogen (secondary N) is 1. The number of nitrogens with zero attached hydrogens (tertiary/aromatic N) is 3. The second-order valence-corrected chi connectivity index (χ2v) is 4.35. The molecule has 0 saturated heterocycles. The predicted molar refractivity (Wildman–Crippen MR) is 71.2 cm³/mol. The summed E-state index contributed by atoms with van der Waals surface area (Å²) in [6.45, 7) is 1.86. The van der Waals surface area contributed by atoms with Gasteiger partial charge in [0.1, 0.15) is 5.82 Å². The Kier molecular flexibility index (Phi) is 3.66. The van der Waals surface area contributed by atoms with Crippen LogP contribution in [0, 0.1) is 18.3 Å². The number of rotatable bonds is 2. The maximum Gasteiger partial charge on any atom is 0.224 e. The number of hydrogen-bond donors (Lipinski definition) is 1. The maximum atomic E-state index is 8.76. The summed E-state index contributed by atoms with van der Waals surface area (Å²) in [7, 11) is 0. The normalized spacial score (nSPS) is 9.89. The van der Waals surface area contributed by atoms with Gasteiger partial charge in [0, 0.05) is 11.8 Å². The van der Waals surface area contributed by atoms with Gasteiger partial charge in [0.2, 0.25) is 5.28 Å². The molecule has 18 heavy (non-hydrogen) atoms. The summed E-state index contributed by atoms with van der Waals surface area (Å²) in [4.78, 5) is 7.94. The Morgan fingerprint density at radius 1 is 1.33 bits per heavy atom. The first kappa shape index (κ1) is 12.6. The SMILES string of the molecule is Cc1cnc(Cl)nc1Nc1ccc(C#N)cc1Cl. The van der Waals surface area contributed by atoms with Gasteiger partial charge < -0.3 is 5.32 Å². The highest BCUT2D eigenvalue weighted by Gasteiger charge is 2.06. The third-order valence-electron chi connectivity index (χ3n) is 2.29. The fourth-order valence-electron chi connectivity index (χ4n) is 1.36. The van der Waals surface area contributed by atoms with Crippen LogP contribution < -0.4 is 5.32 Å². The average Bonchev–Trinajstić information content (AvgIpc) is 2.36. The van der Waals surface area contributed by atoms with E-state index in [4.69, 9.17) is 28.5 Å². The molecule has 0 radical (unpaired) electrons. The summed E-state index contributed by atoms with van der Waals surface area (Å²) in [5.41, 5.74) is 2.01. The van der Waals surface area contributed by atoms with E-state index in [2.05, 4.69) is 15.3 Å². The lowest BCUT2D eigenvalue weighted by Crippen LogP contribution is -1.98. The molecule has 0 amide bonds. The van der Waals surface area contributed by atoms with Crippen molar-refractivity contribution in [3.05, 3.63) is 45.8 Å². The molecule has 1 N–H and O–H groups in total. The van der Waals surface area contributed by atoms with Crippen LogP contribution in [-0.2, 0) is 0 Å². The van der Waals surface area contributed by atoms with Crippen LogP contribution in [0.1, 0.15) is 11.1 Å². The summed E-state index contributed by atoms with van der Waals surface area (Å²) in [6, 6.07) is 7.00. The monoisotopic (exact) mass is 278 g/mol. The summed E-state index contributed by atoms with van der Waals surface area (Å²) in [5, 5.41) is 12.4. The quantitative estimate of drug-likeness (QED) is 0.851. The van der Waals surface area contributed by atoms with Crippen molar-refractivity contribution in [2.75, 3.05) is 5.32 Å². The molecule has 1 aromatic carbocycles. The molecule has 4 nitrogen and oxygen atoms in total. The van der Waals surface area contributed by atoms with E-state index in [1.165, 1.54) is 0 Å². The van der Waals surface area contributed by atoms with Crippen LogP contribution in [0.5, 0.6) is 0 Å². The van der Waals surface area contributed by atoms with Gasteiger partial charge in [-0.3, -0.25) is 0 Å². The van der Waals surface area contributed by atoms with Gasteiger partial charge in [-0.2, -0.15) is 5.26 Å². The second-order valence-electron chi connectivity index (χ2n) is 3.60. The van der Waals surface area contributed by atoms with E-state index in [9.17, 15) is 0 Å². The summed E-state index contributed by atoms with van der Waals surface area (Å²) < 4.78 is 0. The van der Waals surface area contributed by atoms with Crippen molar-refractivity contribution in [3.8, 4) is 6.07 Å². The fourth-order valence-corrected chi connectivity index (χ4v) is 1.72. The molecule has 0 bridgehead atoms. The topological polar surface area (TPSA) is 61.6 Å². The van der Waals surface area contributed by atoms with Crippen molar-refractivity contribution in [2.45, 2.75) is 6.92 Å². The Hall–Kier alpha value is -1.83. The molecule has 0 atom stereocenters. The highest BCUT2D eigenvalue weighted by atomic mass is 35.5. The van der Waals surface area contributed by atoms with Crippen LogP contribution in [0.2, 0.25) is 10.3 Å². The lowest BCUT2D eigenvalue weighted by Gasteiger charge is -2.09. The minimum atomic E-state index is 0.160. The number of aromatic nitrogens is 2. The third-order valence-corrected chi connectivity index (χ3v) is 2.79. The average molecular weight is 279 g/mol. The van der Waals surface area contributed by atoms with E-state index >= 15 is 0 Å². The molecule has 0 unspecified atom stereocenters. The predicted octanol–water partition coefficient (Wildman–Crippen LogP) is 3.71. The van der Waals surface area contributed by atoms with E-state index in [0.29, 0.717) is 22.1 Å². The first-order valence-electron chi connectivity index (χ1n) is 5.06. The summed E-state index contributed by atoms with van der Waals surface area (Å²) in [6.07, 6.45) is 1.62. The van der Waals surface area contributed by atoms with Crippen LogP contribution in [0.25, 0.3) is 0 Å². The molecule has 2 rings (SSSR count). The highest BCUT2D eigenvalue weighted by molar-refractivity contribution is 6.33. The molecule has 6 heteroatoms. The molecule has 90 valence electrons. The molecule has 0 spiro atoms. The highest BCUT2D eigenvalue weighted by Crippen LogP contribution is 2.27. The Morgan fingerprint density at radius 2 is 2.11 bits per heavy atom. The van der Waals surface area contributed by atoms with Gasteiger partial charge in [-0.25, -0.2) is 9.97 Å². The van der Waals surface area contributed by atoms with E-state index < -0.39 is 0 Å². The van der Waals surface area contributed by atoms with Crippen LogP contribution in [0.15, 0.2) is 24.4 Å². The van der Waals surface area contributed by atoms with Crippen molar-refractivity contribution in [1.29, 1.82) is 5.26 Å². The molecule has 0 fully saturated rings. The Balaban J connectivity index is 2.34. The van der Waals surface area contributed by atoms with Gasteiger partial charge in [-0.05, 0) is 36.7 Å². The molecule has 1 aromatic heterocycles. The van der Waals surface area contributed by atoms with Crippen molar-refractivity contribution in [3.63, 3.8) is 0 Å². The largest absolute Gasteiger partial charge is 0.339 e. The number of halogens is 2. The molecule has 0 aliphatic carbocycles. The Morgan fingerprint density at radius 3 is 2.78 bits per heavy atom. The van der Waals surface area contributed by atoms with Crippen molar-refractivity contribution < 1.29 is 0 Å². The van der Waals surface area contributed by atoms with Gasteiger partial charge in [-0.15, -0.1) is 0 Å². The maximum absolute atomic E-state index is 8.76. The van der Waals surface area contributed by atoms with E-state index in [1.54, 1.807) is 24.4 Å². The van der Waals surface area contributed by atoms with Crippen LogP contribution in [0.3, 0.4) is 0 Å². The van der Waals surface area contributed by atoms with Gasteiger partial charge in [0.05, 0.1) is 22.3 Å². The zero-order chi connectivity index (χ0) is 13.1. The first-order valence-corrected chi connectivity index (χ1v) is 5.81. The molecule has 0 aliphatic heterocycles. The zero-order valence-corrected chi connectivity index (χ0v) is 10.9. The van der Waals surface area contributed by atoms with E-state index in [0.717, 1.165) is 5.56 Å². The lowest BCUT2D eigenvalue weighted by atomic mass is 10.2. The zero-order valence-electron chi connectivity index (χ0n) is 9.41. The molecule has 1 heterocycles. The minimum Gasteiger partial charge on any atom is -0.339 e. The molecular formula is C12H8Cl2N4. The molecule has 0 aliphatic rings. The number of nitriles is 1. The standard InChI is InChI=1S/C12H8Cl2N4/c1-7-6-16-12(14)18-11(7)17-10-3-2-8(5-15)4-9(10)13/h2-4,6H,1H3,(H,16,17,18). The van der Waals surface area contributed by atoms with E-state index in [1.807, 2.05) is 13.0 Å². The summed E-state index contributed by atoms with van der Waals surface area (Å²) >= 11 is 11.8. The molecule has 0 saturated carbocycles. The summed E-state index contributed by atoms with van der Waals surface area (Å²) in [5.74, 6) is 0.585. The fraction of sp³-hybridized carbons (Fsp3) is 0.0833. The van der Waals surface area contributed by atoms with Crippen molar-refractivity contribution in [1.82, 2.24) is 9.97 Å². The van der Waals surface area contributed by atoms with E-state index in [-0.39, 0.29) is 5.28 Å². The third kappa shape index (κ3) is 2.70. The first-order chi connectivity index (χ1) is 8.60. The number of aryl methyl sites for hydroxylation is 1. The number of hydrogen-bond acceptors (Lipinski definition) is 4. The number of anilines is 2. The van der Waals surface area contributed by atoms with Crippen molar-refractivity contribution >= 4 is 34.7 Å². The molecular weight excluding hydrogens is 271 g/mol. The molecule has 2 aromatic rings. The smallest absolute Gasteiger partial charge is 0.224 e. The van der Waals surface area contributed by atoms with Crippen LogP contribution >= 0.6 is 23.2 Å². The van der Waals surface area contributed by atoms with Gasteiger partial charge in [0.15, 0.2) is 0 Å². The second kappa shape index (κ2) is 5.21. The Bertz CT molecular complexity index is 634. The Labute approximate surface area is 114 Å². The lowest BCUT2D eigenvalue weighted by molar-refractivity contribution is 1.13.